The van der Waals surface area contributed by atoms with E-state index in [1.165, 1.54) is 4.90 Å². The van der Waals surface area contributed by atoms with Crippen LogP contribution in [0.2, 0.25) is 0 Å². The number of Topliss-reactive ketones (excluding diaryl/α,β-unsaturated/α-hetero) is 1. The average molecular weight is 263 g/mol. The minimum atomic E-state index is -0.502. The molecule has 4 nitrogen and oxygen atoms in total. The maximum atomic E-state index is 11.7. The van der Waals surface area contributed by atoms with Crippen LogP contribution < -0.4 is 4.74 Å². The summed E-state index contributed by atoms with van der Waals surface area (Å²) in [5.41, 5.74) is 1.09. The second-order valence-corrected chi connectivity index (χ2v) is 4.84. The van der Waals surface area contributed by atoms with Gasteiger partial charge in [0.25, 0.3) is 5.91 Å². The van der Waals surface area contributed by atoms with Crippen LogP contribution in [0.15, 0.2) is 24.3 Å². The molecule has 0 heterocycles. The average Bonchev–Trinajstić information content (AvgIpc) is 2.36. The number of amides is 1. The zero-order chi connectivity index (χ0) is 14.4. The van der Waals surface area contributed by atoms with Gasteiger partial charge in [0, 0.05) is 20.5 Å². The Morgan fingerprint density at radius 2 is 1.79 bits per heavy atom. The van der Waals surface area contributed by atoms with Crippen molar-refractivity contribution >= 4 is 11.7 Å². The number of ether oxygens (including phenoxy) is 1. The molecule has 1 atom stereocenters. The van der Waals surface area contributed by atoms with Crippen LogP contribution >= 0.6 is 0 Å². The topological polar surface area (TPSA) is 46.6 Å². The Morgan fingerprint density at radius 3 is 2.26 bits per heavy atom. The smallest absolute Gasteiger partial charge is 0.262 e. The third-order valence-corrected chi connectivity index (χ3v) is 2.79. The zero-order valence-electron chi connectivity index (χ0n) is 12.0. The fraction of sp³-hybridized carbons (Fsp3) is 0.467. The molecule has 0 bridgehead atoms. The lowest BCUT2D eigenvalue weighted by atomic mass is 10.1. The molecule has 0 aliphatic heterocycles. The van der Waals surface area contributed by atoms with Gasteiger partial charge in [-0.1, -0.05) is 12.1 Å². The third-order valence-electron chi connectivity index (χ3n) is 2.79. The fourth-order valence-corrected chi connectivity index (χ4v) is 1.67. The van der Waals surface area contributed by atoms with E-state index in [1.807, 2.05) is 24.3 Å². The van der Waals surface area contributed by atoms with Crippen LogP contribution in [0.4, 0.5) is 0 Å². The van der Waals surface area contributed by atoms with Crippen LogP contribution in [0.25, 0.3) is 0 Å². The van der Waals surface area contributed by atoms with Crippen molar-refractivity contribution in [2.24, 2.45) is 0 Å². The van der Waals surface area contributed by atoms with Gasteiger partial charge >= 0.3 is 0 Å². The van der Waals surface area contributed by atoms with E-state index >= 15 is 0 Å². The molecule has 1 aromatic rings. The molecule has 0 aromatic heterocycles. The van der Waals surface area contributed by atoms with E-state index in [0.29, 0.717) is 12.2 Å². The molecule has 0 aliphatic rings. The van der Waals surface area contributed by atoms with Crippen molar-refractivity contribution in [3.8, 4) is 5.75 Å². The zero-order valence-corrected chi connectivity index (χ0v) is 12.0. The van der Waals surface area contributed by atoms with Crippen molar-refractivity contribution in [2.45, 2.75) is 32.8 Å². The van der Waals surface area contributed by atoms with E-state index in [-0.39, 0.29) is 11.7 Å². The highest BCUT2D eigenvalue weighted by atomic mass is 16.5. The van der Waals surface area contributed by atoms with E-state index in [0.717, 1.165) is 12.0 Å². The normalized spacial score (nSPS) is 11.8. The van der Waals surface area contributed by atoms with Crippen LogP contribution in [-0.4, -0.2) is 36.8 Å². The van der Waals surface area contributed by atoms with E-state index < -0.39 is 6.10 Å². The second-order valence-electron chi connectivity index (χ2n) is 4.84. The molecule has 1 aromatic carbocycles. The predicted octanol–water partition coefficient (Wildman–Crippen LogP) is 2.06. The molecular formula is C15H21NO3. The molecule has 0 aliphatic carbocycles. The van der Waals surface area contributed by atoms with Gasteiger partial charge in [-0.3, -0.25) is 4.79 Å². The highest BCUT2D eigenvalue weighted by molar-refractivity contribution is 5.80. The number of benzene rings is 1. The number of carbonyl (C=O) groups is 2. The Hall–Kier alpha value is -1.84. The number of hydrogen-bond acceptors (Lipinski definition) is 3. The molecule has 0 fully saturated rings. The van der Waals surface area contributed by atoms with Crippen molar-refractivity contribution in [1.82, 2.24) is 4.90 Å². The number of nitrogens with zero attached hydrogens (tertiary/aromatic N) is 1. The molecule has 104 valence electrons. The minimum absolute atomic E-state index is 0.0688. The molecule has 0 saturated heterocycles. The van der Waals surface area contributed by atoms with Gasteiger partial charge < -0.3 is 14.4 Å². The summed E-state index contributed by atoms with van der Waals surface area (Å²) < 4.78 is 5.56. The van der Waals surface area contributed by atoms with Crippen molar-refractivity contribution in [2.75, 3.05) is 14.1 Å². The Labute approximate surface area is 114 Å². The highest BCUT2D eigenvalue weighted by Crippen LogP contribution is 2.15. The van der Waals surface area contributed by atoms with Crippen LogP contribution in [0, 0.1) is 0 Å². The summed E-state index contributed by atoms with van der Waals surface area (Å²) in [5.74, 6) is 0.778. The Bertz CT molecular complexity index is 437. The summed E-state index contributed by atoms with van der Waals surface area (Å²) in [6, 6.07) is 7.50. The molecule has 1 rings (SSSR count). The van der Waals surface area contributed by atoms with E-state index in [2.05, 4.69) is 0 Å². The lowest BCUT2D eigenvalue weighted by Crippen LogP contribution is -2.35. The van der Waals surface area contributed by atoms with E-state index in [1.54, 1.807) is 27.9 Å². The first kappa shape index (κ1) is 15.2. The summed E-state index contributed by atoms with van der Waals surface area (Å²) in [4.78, 5) is 24.1. The maximum Gasteiger partial charge on any atom is 0.262 e. The molecular weight excluding hydrogens is 242 g/mol. The van der Waals surface area contributed by atoms with Gasteiger partial charge in [-0.25, -0.2) is 0 Å². The molecule has 0 N–H and O–H groups in total. The molecule has 1 unspecified atom stereocenters. The van der Waals surface area contributed by atoms with Gasteiger partial charge in [0.05, 0.1) is 0 Å². The number of hydrogen-bond donors (Lipinski definition) is 0. The largest absolute Gasteiger partial charge is 0.481 e. The molecule has 19 heavy (non-hydrogen) atoms. The summed E-state index contributed by atoms with van der Waals surface area (Å²) in [5, 5.41) is 0. The highest BCUT2D eigenvalue weighted by Gasteiger charge is 2.16. The molecule has 1 amide bonds. The molecule has 0 spiro atoms. The summed E-state index contributed by atoms with van der Waals surface area (Å²) in [6.07, 6.45) is 0.787. The first-order chi connectivity index (χ1) is 8.90. The Balaban J connectivity index is 2.57. The second kappa shape index (κ2) is 6.92. The van der Waals surface area contributed by atoms with Gasteiger partial charge in [0.2, 0.25) is 0 Å². The summed E-state index contributed by atoms with van der Waals surface area (Å²) in [7, 11) is 3.40. The number of rotatable bonds is 6. The van der Waals surface area contributed by atoms with Crippen LogP contribution in [0.1, 0.15) is 25.8 Å². The van der Waals surface area contributed by atoms with Crippen LogP contribution in [-0.2, 0) is 16.0 Å². The van der Waals surface area contributed by atoms with E-state index in [4.69, 9.17) is 4.74 Å². The van der Waals surface area contributed by atoms with Gasteiger partial charge in [0.1, 0.15) is 11.5 Å². The van der Waals surface area contributed by atoms with E-state index in [9.17, 15) is 9.59 Å². The SMILES string of the molecule is CC(=O)CCc1ccc(OC(C)C(=O)N(C)C)cc1. The number of likely N-dealkylation sites (N-methyl/N-ethyl adjacent to an activating group) is 1. The van der Waals surface area contributed by atoms with Gasteiger partial charge in [-0.2, -0.15) is 0 Å². The van der Waals surface area contributed by atoms with Crippen LogP contribution in [0.3, 0.4) is 0 Å². The lowest BCUT2D eigenvalue weighted by Gasteiger charge is -2.18. The summed E-state index contributed by atoms with van der Waals surface area (Å²) >= 11 is 0. The molecule has 0 radical (unpaired) electrons. The fourth-order valence-electron chi connectivity index (χ4n) is 1.67. The predicted molar refractivity (Wildman–Crippen MR) is 74.2 cm³/mol. The standard InChI is InChI=1S/C15H21NO3/c1-11(17)5-6-13-7-9-14(10-8-13)19-12(2)15(18)16(3)4/h7-10,12H,5-6H2,1-4H3. The quantitative estimate of drug-likeness (QED) is 0.789. The maximum absolute atomic E-state index is 11.7. The number of carbonyl (C=O) groups excluding carboxylic acids is 2. The van der Waals surface area contributed by atoms with Gasteiger partial charge in [-0.05, 0) is 38.0 Å². The Morgan fingerprint density at radius 1 is 1.21 bits per heavy atom. The monoisotopic (exact) mass is 263 g/mol. The van der Waals surface area contributed by atoms with Gasteiger partial charge in [-0.15, -0.1) is 0 Å². The first-order valence-electron chi connectivity index (χ1n) is 6.36. The van der Waals surface area contributed by atoms with Crippen molar-refractivity contribution < 1.29 is 14.3 Å². The molecule has 0 saturated carbocycles. The number of aryl methyl sites for hydroxylation is 1. The molecule has 4 heteroatoms. The van der Waals surface area contributed by atoms with Gasteiger partial charge in [0.15, 0.2) is 6.10 Å². The minimum Gasteiger partial charge on any atom is -0.481 e. The van der Waals surface area contributed by atoms with Crippen molar-refractivity contribution in [1.29, 1.82) is 0 Å². The lowest BCUT2D eigenvalue weighted by molar-refractivity contribution is -0.135. The number of ketones is 1. The summed E-state index contributed by atoms with van der Waals surface area (Å²) in [6.45, 7) is 3.32. The van der Waals surface area contributed by atoms with Crippen LogP contribution in [0.5, 0.6) is 5.75 Å². The Kier molecular flexibility index (Phi) is 5.55. The van der Waals surface area contributed by atoms with Crippen molar-refractivity contribution in [3.05, 3.63) is 29.8 Å². The first-order valence-corrected chi connectivity index (χ1v) is 6.36. The third kappa shape index (κ3) is 5.12. The van der Waals surface area contributed by atoms with Crippen molar-refractivity contribution in [3.63, 3.8) is 0 Å².